The number of hydrogen-bond donors (Lipinski definition) is 0. The second-order valence-electron chi connectivity index (χ2n) is 3.99. The predicted octanol–water partition coefficient (Wildman–Crippen LogP) is 1.48. The lowest BCUT2D eigenvalue weighted by Gasteiger charge is -2.11. The lowest BCUT2D eigenvalue weighted by atomic mass is 10.2. The molecule has 1 heterocycles. The zero-order valence-corrected chi connectivity index (χ0v) is 10.4. The quantitative estimate of drug-likeness (QED) is 0.774. The maximum absolute atomic E-state index is 13.5. The Morgan fingerprint density at radius 1 is 1.47 bits per heavy atom. The largest absolute Gasteiger partial charge is 0.461 e. The molecule has 0 unspecified atom stereocenters. The fraction of sp³-hybridized carbons (Fsp3) is 0.308. The van der Waals surface area contributed by atoms with Crippen LogP contribution in [0.15, 0.2) is 29.4 Å². The number of hydrogen-bond acceptors (Lipinski definition) is 4. The molecule has 0 saturated heterocycles. The Hall–Kier alpha value is -2.24. The topological polar surface area (TPSA) is 59.0 Å². The summed E-state index contributed by atoms with van der Waals surface area (Å²) in [4.78, 5) is 23.1. The second-order valence-corrected chi connectivity index (χ2v) is 3.99. The standard InChI is InChI=1S/C13H13FN2O3/c1-2-19-13(18)11-7-12(17)16(15-11)8-9-5-3-4-6-10(9)14/h3-6H,2,7-8H2,1H3. The molecule has 0 fully saturated rings. The first-order valence-corrected chi connectivity index (χ1v) is 5.90. The fourth-order valence-electron chi connectivity index (χ4n) is 1.71. The summed E-state index contributed by atoms with van der Waals surface area (Å²) in [6.07, 6.45) is -0.104. The molecule has 0 bridgehead atoms. The smallest absolute Gasteiger partial charge is 0.355 e. The molecule has 0 saturated carbocycles. The monoisotopic (exact) mass is 264 g/mol. The van der Waals surface area contributed by atoms with Crippen molar-refractivity contribution in [1.82, 2.24) is 5.01 Å². The number of esters is 1. The van der Waals surface area contributed by atoms with Crippen molar-refractivity contribution in [3.8, 4) is 0 Å². The summed E-state index contributed by atoms with van der Waals surface area (Å²) < 4.78 is 18.2. The SMILES string of the molecule is CCOC(=O)C1=NN(Cc2ccccc2F)C(=O)C1. The van der Waals surface area contributed by atoms with Crippen LogP contribution in [0.2, 0.25) is 0 Å². The van der Waals surface area contributed by atoms with Gasteiger partial charge in [0.2, 0.25) is 5.91 Å². The van der Waals surface area contributed by atoms with Gasteiger partial charge in [0.25, 0.3) is 0 Å². The van der Waals surface area contributed by atoms with Crippen LogP contribution in [-0.2, 0) is 20.9 Å². The van der Waals surface area contributed by atoms with E-state index in [0.717, 1.165) is 5.01 Å². The molecule has 5 nitrogen and oxygen atoms in total. The minimum atomic E-state index is -0.605. The molecule has 0 radical (unpaired) electrons. The predicted molar refractivity (Wildman–Crippen MR) is 65.6 cm³/mol. The molecule has 0 aromatic heterocycles. The molecule has 2 rings (SSSR count). The number of benzene rings is 1. The first kappa shape index (κ1) is 13.2. The van der Waals surface area contributed by atoms with Gasteiger partial charge in [-0.25, -0.2) is 14.2 Å². The molecule has 0 N–H and O–H groups in total. The number of rotatable bonds is 4. The summed E-state index contributed by atoms with van der Waals surface area (Å²) in [6.45, 7) is 1.90. The van der Waals surface area contributed by atoms with Gasteiger partial charge in [0, 0.05) is 5.56 Å². The summed E-state index contributed by atoms with van der Waals surface area (Å²) in [5.41, 5.74) is 0.410. The molecular weight excluding hydrogens is 251 g/mol. The van der Waals surface area contributed by atoms with E-state index in [1.54, 1.807) is 25.1 Å². The van der Waals surface area contributed by atoms with Crippen LogP contribution in [0.3, 0.4) is 0 Å². The van der Waals surface area contributed by atoms with Crippen molar-refractivity contribution in [2.45, 2.75) is 19.9 Å². The van der Waals surface area contributed by atoms with Crippen molar-refractivity contribution in [2.75, 3.05) is 6.61 Å². The van der Waals surface area contributed by atoms with E-state index in [0.29, 0.717) is 5.56 Å². The second kappa shape index (κ2) is 5.60. The molecule has 1 aromatic rings. The van der Waals surface area contributed by atoms with Gasteiger partial charge in [-0.05, 0) is 13.0 Å². The maximum atomic E-state index is 13.5. The van der Waals surface area contributed by atoms with Crippen molar-refractivity contribution < 1.29 is 18.7 Å². The summed E-state index contributed by atoms with van der Waals surface area (Å²) in [5.74, 6) is -1.35. The third-order valence-electron chi connectivity index (χ3n) is 2.64. The van der Waals surface area contributed by atoms with Gasteiger partial charge in [0.1, 0.15) is 5.82 Å². The number of nitrogens with zero attached hydrogens (tertiary/aromatic N) is 2. The molecule has 0 aliphatic carbocycles. The van der Waals surface area contributed by atoms with Crippen molar-refractivity contribution in [1.29, 1.82) is 0 Å². The van der Waals surface area contributed by atoms with Crippen molar-refractivity contribution in [3.63, 3.8) is 0 Å². The number of carbonyl (C=O) groups excluding carboxylic acids is 2. The van der Waals surface area contributed by atoms with Gasteiger partial charge in [0.15, 0.2) is 5.71 Å². The number of hydrazone groups is 1. The average Bonchev–Trinajstić information content (AvgIpc) is 2.74. The van der Waals surface area contributed by atoms with Crippen molar-refractivity contribution in [2.24, 2.45) is 5.10 Å². The van der Waals surface area contributed by atoms with Crippen LogP contribution >= 0.6 is 0 Å². The van der Waals surface area contributed by atoms with E-state index < -0.39 is 11.8 Å². The Morgan fingerprint density at radius 3 is 2.89 bits per heavy atom. The van der Waals surface area contributed by atoms with Gasteiger partial charge in [-0.2, -0.15) is 5.10 Å². The number of ether oxygens (including phenoxy) is 1. The Labute approximate surface area is 109 Å². The molecule has 19 heavy (non-hydrogen) atoms. The minimum absolute atomic E-state index is 0.00834. The van der Waals surface area contributed by atoms with Crippen molar-refractivity contribution >= 4 is 17.6 Å². The van der Waals surface area contributed by atoms with E-state index in [-0.39, 0.29) is 31.2 Å². The molecule has 1 aliphatic heterocycles. The minimum Gasteiger partial charge on any atom is -0.461 e. The molecular formula is C13H13FN2O3. The van der Waals surface area contributed by atoms with E-state index in [1.165, 1.54) is 6.07 Å². The van der Waals surface area contributed by atoms with E-state index in [2.05, 4.69) is 5.10 Å². The van der Waals surface area contributed by atoms with Crippen LogP contribution in [0.4, 0.5) is 4.39 Å². The summed E-state index contributed by atoms with van der Waals surface area (Å²) in [6, 6.07) is 6.12. The summed E-state index contributed by atoms with van der Waals surface area (Å²) in [7, 11) is 0. The van der Waals surface area contributed by atoms with Crippen LogP contribution in [0.1, 0.15) is 18.9 Å². The maximum Gasteiger partial charge on any atom is 0.355 e. The molecule has 0 atom stereocenters. The molecule has 100 valence electrons. The van der Waals surface area contributed by atoms with E-state index in [1.807, 2.05) is 0 Å². The average molecular weight is 264 g/mol. The van der Waals surface area contributed by atoms with Crippen LogP contribution in [0.5, 0.6) is 0 Å². The highest BCUT2D eigenvalue weighted by molar-refractivity contribution is 6.41. The van der Waals surface area contributed by atoms with Crippen LogP contribution < -0.4 is 0 Å². The summed E-state index contributed by atoms with van der Waals surface area (Å²) in [5, 5.41) is 4.97. The Morgan fingerprint density at radius 2 is 2.21 bits per heavy atom. The zero-order valence-electron chi connectivity index (χ0n) is 10.4. The number of carbonyl (C=O) groups is 2. The van der Waals surface area contributed by atoms with Crippen LogP contribution in [-0.4, -0.2) is 29.2 Å². The first-order chi connectivity index (χ1) is 9.11. The highest BCUT2D eigenvalue weighted by Crippen LogP contribution is 2.16. The molecule has 6 heteroatoms. The van der Waals surface area contributed by atoms with Crippen LogP contribution in [0.25, 0.3) is 0 Å². The number of amides is 1. The first-order valence-electron chi connectivity index (χ1n) is 5.90. The summed E-state index contributed by atoms with van der Waals surface area (Å²) >= 11 is 0. The molecule has 1 aliphatic rings. The van der Waals surface area contributed by atoms with Gasteiger partial charge in [-0.3, -0.25) is 4.79 Å². The molecule has 0 spiro atoms. The normalized spacial score (nSPS) is 14.5. The Balaban J connectivity index is 2.11. The third kappa shape index (κ3) is 2.96. The third-order valence-corrected chi connectivity index (χ3v) is 2.64. The van der Waals surface area contributed by atoms with E-state index in [4.69, 9.17) is 4.74 Å². The van der Waals surface area contributed by atoms with Crippen LogP contribution in [0, 0.1) is 5.82 Å². The highest BCUT2D eigenvalue weighted by atomic mass is 19.1. The molecule has 1 aromatic carbocycles. The van der Waals surface area contributed by atoms with Crippen molar-refractivity contribution in [3.05, 3.63) is 35.6 Å². The lowest BCUT2D eigenvalue weighted by molar-refractivity contribution is -0.135. The van der Waals surface area contributed by atoms with Gasteiger partial charge in [0.05, 0.1) is 19.6 Å². The Kier molecular flexibility index (Phi) is 3.89. The van der Waals surface area contributed by atoms with E-state index >= 15 is 0 Å². The fourth-order valence-corrected chi connectivity index (χ4v) is 1.71. The molecule has 1 amide bonds. The lowest BCUT2D eigenvalue weighted by Crippen LogP contribution is -2.20. The zero-order chi connectivity index (χ0) is 13.8. The van der Waals surface area contributed by atoms with Gasteiger partial charge < -0.3 is 4.74 Å². The van der Waals surface area contributed by atoms with Gasteiger partial charge >= 0.3 is 5.97 Å². The number of halogens is 1. The highest BCUT2D eigenvalue weighted by Gasteiger charge is 2.29. The van der Waals surface area contributed by atoms with Gasteiger partial charge in [-0.1, -0.05) is 18.2 Å². The Bertz CT molecular complexity index is 542. The van der Waals surface area contributed by atoms with Gasteiger partial charge in [-0.15, -0.1) is 0 Å². The van der Waals surface area contributed by atoms with E-state index in [9.17, 15) is 14.0 Å².